The van der Waals surface area contributed by atoms with Crippen LogP contribution in [0, 0.1) is 17.8 Å². The third-order valence-corrected chi connectivity index (χ3v) is 7.21. The van der Waals surface area contributed by atoms with E-state index in [1.165, 1.54) is 63.1 Å². The maximum atomic E-state index is 12.5. The minimum absolute atomic E-state index is 0.122. The second kappa shape index (κ2) is 5.23. The lowest BCUT2D eigenvalue weighted by molar-refractivity contribution is -0.124. The van der Waals surface area contributed by atoms with Crippen molar-refractivity contribution in [1.29, 1.82) is 0 Å². The van der Waals surface area contributed by atoms with Crippen molar-refractivity contribution in [3.63, 3.8) is 0 Å². The van der Waals surface area contributed by atoms with E-state index in [1.807, 2.05) is 0 Å². The first-order valence-corrected chi connectivity index (χ1v) is 10.0. The summed E-state index contributed by atoms with van der Waals surface area (Å²) in [5.41, 5.74) is 0.122. The minimum Gasteiger partial charge on any atom is -0.350 e. The molecule has 0 atom stereocenters. The highest BCUT2D eigenvalue weighted by Crippen LogP contribution is 2.55. The van der Waals surface area contributed by atoms with Crippen molar-refractivity contribution in [2.45, 2.75) is 68.1 Å². The average molecular weight is 332 g/mol. The SMILES string of the molecule is O=C(CSc1nncn1C1CC1)NC12CC3CC(CC(C3)C1)C2. The smallest absolute Gasteiger partial charge is 0.230 e. The monoisotopic (exact) mass is 332 g/mol. The van der Waals surface area contributed by atoms with Gasteiger partial charge in [0, 0.05) is 11.6 Å². The number of thioether (sulfide) groups is 1. The van der Waals surface area contributed by atoms with Crippen molar-refractivity contribution in [2.75, 3.05) is 5.75 Å². The van der Waals surface area contributed by atoms with Gasteiger partial charge in [-0.15, -0.1) is 10.2 Å². The molecule has 6 heteroatoms. The molecule has 124 valence electrons. The maximum absolute atomic E-state index is 12.5. The molecule has 5 aliphatic carbocycles. The van der Waals surface area contributed by atoms with E-state index < -0.39 is 0 Å². The Morgan fingerprint density at radius 3 is 2.48 bits per heavy atom. The van der Waals surface area contributed by atoms with E-state index in [1.54, 1.807) is 6.33 Å². The van der Waals surface area contributed by atoms with Gasteiger partial charge in [-0.25, -0.2) is 0 Å². The van der Waals surface area contributed by atoms with E-state index >= 15 is 0 Å². The molecule has 5 aliphatic rings. The molecule has 4 bridgehead atoms. The van der Waals surface area contributed by atoms with Crippen LogP contribution >= 0.6 is 11.8 Å². The molecule has 5 saturated carbocycles. The zero-order valence-electron chi connectivity index (χ0n) is 13.4. The van der Waals surface area contributed by atoms with Crippen LogP contribution in [0.3, 0.4) is 0 Å². The third-order valence-electron chi connectivity index (χ3n) is 6.26. The van der Waals surface area contributed by atoms with Gasteiger partial charge in [0.25, 0.3) is 0 Å². The van der Waals surface area contributed by atoms with E-state index in [4.69, 9.17) is 0 Å². The van der Waals surface area contributed by atoms with Crippen molar-refractivity contribution in [2.24, 2.45) is 17.8 Å². The number of hydrogen-bond donors (Lipinski definition) is 1. The number of hydrogen-bond acceptors (Lipinski definition) is 4. The molecule has 1 N–H and O–H groups in total. The van der Waals surface area contributed by atoms with Gasteiger partial charge in [-0.3, -0.25) is 4.79 Å². The van der Waals surface area contributed by atoms with Gasteiger partial charge in [-0.2, -0.15) is 0 Å². The average Bonchev–Trinajstić information content (AvgIpc) is 3.22. The van der Waals surface area contributed by atoms with Gasteiger partial charge in [0.05, 0.1) is 5.75 Å². The number of nitrogens with one attached hydrogen (secondary N) is 1. The number of carbonyl (C=O) groups excluding carboxylic acids is 1. The van der Waals surface area contributed by atoms with Crippen molar-refractivity contribution in [3.8, 4) is 0 Å². The molecular formula is C17H24N4OS. The molecule has 0 saturated heterocycles. The second-order valence-electron chi connectivity index (χ2n) is 8.29. The number of amides is 1. The first-order chi connectivity index (χ1) is 11.2. The van der Waals surface area contributed by atoms with E-state index in [9.17, 15) is 4.79 Å². The molecule has 6 rings (SSSR count). The third kappa shape index (κ3) is 2.69. The van der Waals surface area contributed by atoms with Crippen LogP contribution in [0.1, 0.15) is 57.4 Å². The molecule has 5 nitrogen and oxygen atoms in total. The zero-order valence-corrected chi connectivity index (χ0v) is 14.2. The van der Waals surface area contributed by atoms with Crippen molar-refractivity contribution in [3.05, 3.63) is 6.33 Å². The highest BCUT2D eigenvalue weighted by atomic mass is 32.2. The molecule has 0 unspecified atom stereocenters. The summed E-state index contributed by atoms with van der Waals surface area (Å²) in [5, 5.41) is 12.5. The lowest BCUT2D eigenvalue weighted by atomic mass is 9.53. The van der Waals surface area contributed by atoms with Gasteiger partial charge in [-0.1, -0.05) is 11.8 Å². The van der Waals surface area contributed by atoms with Crippen molar-refractivity contribution < 1.29 is 4.79 Å². The van der Waals surface area contributed by atoms with Crippen LogP contribution in [0.4, 0.5) is 0 Å². The molecule has 0 radical (unpaired) electrons. The first kappa shape index (κ1) is 14.3. The standard InChI is InChI=1S/C17H24N4OS/c22-15(9-23-16-20-18-10-21(16)14-1-2-14)19-17-6-11-3-12(7-17)5-13(4-11)8-17/h10-14H,1-9H2,(H,19,22). The number of rotatable bonds is 5. The molecule has 5 fully saturated rings. The van der Waals surface area contributed by atoms with Gasteiger partial charge in [0.1, 0.15) is 6.33 Å². The summed E-state index contributed by atoms with van der Waals surface area (Å²) < 4.78 is 2.13. The fourth-order valence-electron chi connectivity index (χ4n) is 5.66. The largest absolute Gasteiger partial charge is 0.350 e. The molecule has 0 aromatic carbocycles. The lowest BCUT2D eigenvalue weighted by Gasteiger charge is -2.56. The number of aromatic nitrogens is 3. The second-order valence-corrected chi connectivity index (χ2v) is 9.23. The molecule has 0 aliphatic heterocycles. The summed E-state index contributed by atoms with van der Waals surface area (Å²) in [6, 6.07) is 0.568. The Balaban J connectivity index is 1.21. The molecule has 1 aromatic rings. The fourth-order valence-corrected chi connectivity index (χ4v) is 6.45. The quantitative estimate of drug-likeness (QED) is 0.842. The summed E-state index contributed by atoms with van der Waals surface area (Å²) in [4.78, 5) is 12.5. The Morgan fingerprint density at radius 1 is 1.22 bits per heavy atom. The van der Waals surface area contributed by atoms with Gasteiger partial charge in [0.15, 0.2) is 5.16 Å². The zero-order chi connectivity index (χ0) is 15.4. The van der Waals surface area contributed by atoms with Crippen LogP contribution in [-0.4, -0.2) is 32.0 Å². The van der Waals surface area contributed by atoms with E-state index in [0.717, 1.165) is 22.9 Å². The summed E-state index contributed by atoms with van der Waals surface area (Å²) in [5.74, 6) is 3.25. The van der Waals surface area contributed by atoms with Gasteiger partial charge < -0.3 is 9.88 Å². The minimum atomic E-state index is 0.122. The van der Waals surface area contributed by atoms with Crippen LogP contribution in [0.2, 0.25) is 0 Å². The Hall–Kier alpha value is -1.04. The Kier molecular flexibility index (Phi) is 3.25. The number of carbonyl (C=O) groups is 1. The molecular weight excluding hydrogens is 308 g/mol. The molecule has 1 amide bonds. The highest BCUT2D eigenvalue weighted by Gasteiger charge is 2.51. The van der Waals surface area contributed by atoms with Crippen LogP contribution in [0.5, 0.6) is 0 Å². The molecule has 1 heterocycles. The van der Waals surface area contributed by atoms with Gasteiger partial charge >= 0.3 is 0 Å². The van der Waals surface area contributed by atoms with E-state index in [2.05, 4.69) is 20.1 Å². The van der Waals surface area contributed by atoms with Gasteiger partial charge in [-0.05, 0) is 69.1 Å². The Morgan fingerprint density at radius 2 is 1.87 bits per heavy atom. The van der Waals surface area contributed by atoms with Crippen LogP contribution < -0.4 is 5.32 Å². The fraction of sp³-hybridized carbons (Fsp3) is 0.824. The Labute approximate surface area is 141 Å². The topological polar surface area (TPSA) is 59.8 Å². The Bertz CT molecular complexity index is 589. The van der Waals surface area contributed by atoms with Crippen LogP contribution in [0.15, 0.2) is 11.5 Å². The summed E-state index contributed by atoms with van der Waals surface area (Å²) in [7, 11) is 0. The van der Waals surface area contributed by atoms with E-state index in [-0.39, 0.29) is 11.4 Å². The predicted octanol–water partition coefficient (Wildman–Crippen LogP) is 2.79. The van der Waals surface area contributed by atoms with Gasteiger partial charge in [0.2, 0.25) is 5.91 Å². The number of nitrogens with zero attached hydrogens (tertiary/aromatic N) is 3. The molecule has 1 aromatic heterocycles. The lowest BCUT2D eigenvalue weighted by Crippen LogP contribution is -2.60. The first-order valence-electron chi connectivity index (χ1n) is 9.02. The highest BCUT2D eigenvalue weighted by molar-refractivity contribution is 7.99. The van der Waals surface area contributed by atoms with Crippen molar-refractivity contribution >= 4 is 17.7 Å². The summed E-state index contributed by atoms with van der Waals surface area (Å²) in [6.45, 7) is 0. The normalized spacial score (nSPS) is 38.0. The molecule has 0 spiro atoms. The maximum Gasteiger partial charge on any atom is 0.230 e. The summed E-state index contributed by atoms with van der Waals surface area (Å²) in [6.07, 6.45) is 12.1. The van der Waals surface area contributed by atoms with Crippen LogP contribution in [0.25, 0.3) is 0 Å². The van der Waals surface area contributed by atoms with E-state index in [0.29, 0.717) is 11.8 Å². The molecule has 23 heavy (non-hydrogen) atoms. The summed E-state index contributed by atoms with van der Waals surface area (Å²) >= 11 is 1.54. The van der Waals surface area contributed by atoms with Crippen molar-refractivity contribution in [1.82, 2.24) is 20.1 Å². The predicted molar refractivity (Wildman–Crippen MR) is 88.1 cm³/mol. The van der Waals surface area contributed by atoms with Crippen LogP contribution in [-0.2, 0) is 4.79 Å².